The molecule has 1 amide bonds. The molecule has 0 unspecified atom stereocenters. The molecule has 0 bridgehead atoms. The summed E-state index contributed by atoms with van der Waals surface area (Å²) in [6.07, 6.45) is 0. The highest BCUT2D eigenvalue weighted by atomic mass is 32.2. The molecule has 0 radical (unpaired) electrons. The number of ether oxygens (including phenoxy) is 1. The van der Waals surface area contributed by atoms with Gasteiger partial charge in [0, 0.05) is 18.3 Å². The second kappa shape index (κ2) is 8.79. The molecule has 0 aliphatic carbocycles. The summed E-state index contributed by atoms with van der Waals surface area (Å²) in [7, 11) is -0.964. The molecule has 0 aromatic heterocycles. The van der Waals surface area contributed by atoms with E-state index in [1.165, 1.54) is 44.5 Å². The minimum absolute atomic E-state index is 0.180. The fraction of sp³-hybridized carbons (Fsp3) is 0.0909. The number of carbonyl (C=O) groups excluding carboxylic acids is 2. The Hall–Kier alpha value is -3.65. The molecule has 0 fully saturated rings. The van der Waals surface area contributed by atoms with Crippen molar-refractivity contribution >= 4 is 33.3 Å². The molecule has 3 aromatic rings. The third kappa shape index (κ3) is 4.49. The third-order valence-corrected chi connectivity index (χ3v) is 6.24. The highest BCUT2D eigenvalue weighted by Crippen LogP contribution is 2.22. The van der Waals surface area contributed by atoms with Gasteiger partial charge in [-0.25, -0.2) is 13.2 Å². The average Bonchev–Trinajstić information content (AvgIpc) is 2.78. The van der Waals surface area contributed by atoms with E-state index in [1.807, 2.05) is 0 Å². The van der Waals surface area contributed by atoms with Gasteiger partial charge < -0.3 is 10.1 Å². The van der Waals surface area contributed by atoms with Gasteiger partial charge in [-0.05, 0) is 54.6 Å². The zero-order valence-electron chi connectivity index (χ0n) is 16.4. The van der Waals surface area contributed by atoms with Crippen molar-refractivity contribution in [2.24, 2.45) is 0 Å². The van der Waals surface area contributed by atoms with Gasteiger partial charge in [0.05, 0.1) is 23.3 Å². The van der Waals surface area contributed by atoms with Crippen molar-refractivity contribution < 1.29 is 22.7 Å². The van der Waals surface area contributed by atoms with E-state index >= 15 is 0 Å². The van der Waals surface area contributed by atoms with Crippen LogP contribution in [0.3, 0.4) is 0 Å². The van der Waals surface area contributed by atoms with Crippen molar-refractivity contribution in [1.29, 1.82) is 0 Å². The van der Waals surface area contributed by atoms with Gasteiger partial charge in [0.15, 0.2) is 0 Å². The number of esters is 1. The van der Waals surface area contributed by atoms with Crippen LogP contribution in [0, 0.1) is 0 Å². The number of rotatable bonds is 6. The molecule has 8 heteroatoms. The van der Waals surface area contributed by atoms with E-state index in [2.05, 4.69) is 10.1 Å². The van der Waals surface area contributed by atoms with Crippen LogP contribution in [0.4, 0.5) is 11.4 Å². The largest absolute Gasteiger partial charge is 0.465 e. The lowest BCUT2D eigenvalue weighted by atomic mass is 10.1. The summed E-state index contributed by atoms with van der Waals surface area (Å²) in [5.41, 5.74) is 1.52. The molecule has 30 heavy (non-hydrogen) atoms. The van der Waals surface area contributed by atoms with Gasteiger partial charge >= 0.3 is 5.97 Å². The van der Waals surface area contributed by atoms with Gasteiger partial charge in [0.1, 0.15) is 0 Å². The van der Waals surface area contributed by atoms with Crippen molar-refractivity contribution in [1.82, 2.24) is 0 Å². The van der Waals surface area contributed by atoms with E-state index in [-0.39, 0.29) is 4.90 Å². The van der Waals surface area contributed by atoms with Gasteiger partial charge in [0.25, 0.3) is 15.9 Å². The Kier molecular flexibility index (Phi) is 6.17. The zero-order valence-corrected chi connectivity index (χ0v) is 17.2. The molecule has 3 aromatic carbocycles. The molecule has 0 saturated carbocycles. The maximum Gasteiger partial charge on any atom is 0.337 e. The molecule has 0 atom stereocenters. The Labute approximate surface area is 175 Å². The minimum atomic E-state index is -3.70. The van der Waals surface area contributed by atoms with Crippen LogP contribution in [0.2, 0.25) is 0 Å². The van der Waals surface area contributed by atoms with Gasteiger partial charge in [-0.1, -0.05) is 24.3 Å². The number of hydrogen-bond acceptors (Lipinski definition) is 5. The van der Waals surface area contributed by atoms with Gasteiger partial charge in [-0.3, -0.25) is 9.10 Å². The molecular formula is C22H20N2O5S. The maximum atomic E-state index is 12.7. The predicted molar refractivity (Wildman–Crippen MR) is 114 cm³/mol. The highest BCUT2D eigenvalue weighted by molar-refractivity contribution is 7.92. The first-order valence-corrected chi connectivity index (χ1v) is 10.4. The molecular weight excluding hydrogens is 404 g/mol. The van der Waals surface area contributed by atoms with Crippen LogP contribution in [0.1, 0.15) is 20.7 Å². The lowest BCUT2D eigenvalue weighted by Crippen LogP contribution is -2.26. The monoisotopic (exact) mass is 424 g/mol. The summed E-state index contributed by atoms with van der Waals surface area (Å²) in [6, 6.07) is 20.7. The molecule has 0 spiro atoms. The van der Waals surface area contributed by atoms with Gasteiger partial charge in [0.2, 0.25) is 0 Å². The summed E-state index contributed by atoms with van der Waals surface area (Å²) in [4.78, 5) is 24.3. The normalized spacial score (nSPS) is 10.9. The first-order valence-electron chi connectivity index (χ1n) is 8.96. The Morgan fingerprint density at radius 3 is 2.17 bits per heavy atom. The van der Waals surface area contributed by atoms with E-state index in [9.17, 15) is 18.0 Å². The number of amides is 1. The topological polar surface area (TPSA) is 92.8 Å². The lowest BCUT2D eigenvalue weighted by molar-refractivity contribution is 0.0600. The summed E-state index contributed by atoms with van der Waals surface area (Å²) < 4.78 is 31.3. The van der Waals surface area contributed by atoms with Crippen LogP contribution < -0.4 is 9.62 Å². The zero-order chi connectivity index (χ0) is 21.7. The number of benzene rings is 3. The molecule has 7 nitrogen and oxygen atoms in total. The Balaban J connectivity index is 1.75. The molecule has 0 aliphatic heterocycles. The predicted octanol–water partition coefficient (Wildman–Crippen LogP) is 3.55. The quantitative estimate of drug-likeness (QED) is 0.611. The van der Waals surface area contributed by atoms with E-state index in [1.54, 1.807) is 48.5 Å². The van der Waals surface area contributed by atoms with E-state index in [0.29, 0.717) is 22.5 Å². The number of carbonyl (C=O) groups is 2. The van der Waals surface area contributed by atoms with Gasteiger partial charge in [-0.2, -0.15) is 0 Å². The Morgan fingerprint density at radius 2 is 1.53 bits per heavy atom. The summed E-state index contributed by atoms with van der Waals surface area (Å²) in [5, 5.41) is 2.70. The second-order valence-electron chi connectivity index (χ2n) is 6.36. The number of nitrogens with one attached hydrogen (secondary N) is 1. The van der Waals surface area contributed by atoms with Crippen LogP contribution in [-0.4, -0.2) is 34.5 Å². The van der Waals surface area contributed by atoms with Crippen molar-refractivity contribution in [2.75, 3.05) is 23.8 Å². The van der Waals surface area contributed by atoms with Crippen molar-refractivity contribution in [2.45, 2.75) is 4.90 Å². The maximum absolute atomic E-state index is 12.7. The van der Waals surface area contributed by atoms with Crippen LogP contribution >= 0.6 is 0 Å². The molecule has 154 valence electrons. The number of methoxy groups -OCH3 is 1. The van der Waals surface area contributed by atoms with Crippen LogP contribution in [0.25, 0.3) is 0 Å². The molecule has 0 aliphatic rings. The highest BCUT2D eigenvalue weighted by Gasteiger charge is 2.21. The molecule has 0 saturated heterocycles. The number of sulfonamides is 1. The van der Waals surface area contributed by atoms with Crippen molar-refractivity contribution in [3.63, 3.8) is 0 Å². The summed E-state index contributed by atoms with van der Waals surface area (Å²) in [5.74, 6) is -0.893. The van der Waals surface area contributed by atoms with Crippen LogP contribution in [-0.2, 0) is 14.8 Å². The third-order valence-electron chi connectivity index (χ3n) is 4.44. The van der Waals surface area contributed by atoms with Crippen molar-refractivity contribution in [3.05, 3.63) is 90.0 Å². The smallest absolute Gasteiger partial charge is 0.337 e. The second-order valence-corrected chi connectivity index (χ2v) is 8.33. The van der Waals surface area contributed by atoms with Crippen LogP contribution in [0.5, 0.6) is 0 Å². The van der Waals surface area contributed by atoms with E-state index in [4.69, 9.17) is 0 Å². The van der Waals surface area contributed by atoms with Crippen LogP contribution in [0.15, 0.2) is 83.8 Å². The molecule has 1 N–H and O–H groups in total. The SMILES string of the molecule is COC(=O)c1cccc(NC(=O)c2ccc(N(C)S(=O)(=O)c3ccccc3)cc2)c1. The minimum Gasteiger partial charge on any atom is -0.465 e. The Bertz CT molecular complexity index is 1160. The standard InChI is InChI=1S/C22H20N2O5S/c1-24(30(27,28)20-9-4-3-5-10-20)19-13-11-16(12-14-19)21(25)23-18-8-6-7-17(15-18)22(26)29-2/h3-15H,1-2H3,(H,23,25). The fourth-order valence-corrected chi connectivity index (χ4v) is 3.97. The van der Waals surface area contributed by atoms with Gasteiger partial charge in [-0.15, -0.1) is 0 Å². The Morgan fingerprint density at radius 1 is 0.867 bits per heavy atom. The summed E-state index contributed by atoms with van der Waals surface area (Å²) in [6.45, 7) is 0. The number of anilines is 2. The lowest BCUT2D eigenvalue weighted by Gasteiger charge is -2.19. The average molecular weight is 424 g/mol. The first kappa shape index (κ1) is 21.1. The summed E-state index contributed by atoms with van der Waals surface area (Å²) >= 11 is 0. The molecule has 0 heterocycles. The molecule has 3 rings (SSSR count). The first-order chi connectivity index (χ1) is 14.3. The number of nitrogens with zero attached hydrogens (tertiary/aromatic N) is 1. The van der Waals surface area contributed by atoms with E-state index < -0.39 is 21.9 Å². The number of hydrogen-bond donors (Lipinski definition) is 1. The van der Waals surface area contributed by atoms with E-state index in [0.717, 1.165) is 4.31 Å². The fourth-order valence-electron chi connectivity index (χ4n) is 2.76. The van der Waals surface area contributed by atoms with Crippen molar-refractivity contribution in [3.8, 4) is 0 Å².